The first kappa shape index (κ1) is 89.4. The molecule has 8 heteroatoms. The maximum Gasteiger partial charge on any atom is 2.00 e. The van der Waals surface area contributed by atoms with E-state index in [1.165, 1.54) is 298 Å². The van der Waals surface area contributed by atoms with Gasteiger partial charge >= 0.3 is 52.4 Å². The molecule has 8 rings (SSSR count). The molecule has 0 unspecified atom stereocenters. The van der Waals surface area contributed by atoms with Gasteiger partial charge < -0.3 is 24.8 Å². The van der Waals surface area contributed by atoms with Crippen molar-refractivity contribution in [2.75, 3.05) is 49.3 Å². The number of benzene rings is 4. The predicted octanol–water partition coefficient (Wildman–Crippen LogP) is 21.3. The van der Waals surface area contributed by atoms with Crippen LogP contribution >= 0.6 is 31.7 Å². The van der Waals surface area contributed by atoms with Gasteiger partial charge in [-0.05, 0) is 101 Å². The molecule has 8 aromatic rings. The zero-order valence-electron chi connectivity index (χ0n) is 59.7. The van der Waals surface area contributed by atoms with Crippen LogP contribution in [0.25, 0.3) is 43.1 Å². The number of rotatable bonds is 44. The number of hydrogen-bond donors (Lipinski definition) is 0. The molecular formula is C84H128Cl2P4Zr2-2. The Morgan fingerprint density at radius 3 is 0.511 bits per heavy atom. The van der Waals surface area contributed by atoms with E-state index in [9.17, 15) is 0 Å². The predicted molar refractivity (Wildman–Crippen MR) is 416 cm³/mol. The molecule has 0 aliphatic carbocycles. The van der Waals surface area contributed by atoms with Gasteiger partial charge in [0, 0.05) is 0 Å². The van der Waals surface area contributed by atoms with E-state index in [0.717, 1.165) is 0 Å². The zero-order chi connectivity index (χ0) is 62.5. The molecule has 8 aromatic carbocycles. The summed E-state index contributed by atoms with van der Waals surface area (Å²) in [6, 6.07) is 55.2. The van der Waals surface area contributed by atoms with Crippen molar-refractivity contribution in [1.29, 1.82) is 0 Å². The molecular weight excluding hydrogens is 1390 g/mol. The van der Waals surface area contributed by atoms with E-state index >= 15 is 0 Å². The van der Waals surface area contributed by atoms with E-state index in [-0.39, 0.29) is 109 Å². The second-order valence-electron chi connectivity index (χ2n) is 25.8. The van der Waals surface area contributed by atoms with Crippen LogP contribution in [0.3, 0.4) is 0 Å². The molecule has 0 aliphatic heterocycles. The van der Waals surface area contributed by atoms with Crippen LogP contribution < -0.4 is 46.0 Å². The number of halogens is 2. The average Bonchev–Trinajstić information content (AvgIpc) is 2.40. The van der Waals surface area contributed by atoms with E-state index in [1.807, 2.05) is 0 Å². The van der Waals surface area contributed by atoms with Crippen LogP contribution in [0.1, 0.15) is 261 Å². The summed E-state index contributed by atoms with van der Waals surface area (Å²) in [4.78, 5) is 0. The van der Waals surface area contributed by atoms with Crippen molar-refractivity contribution in [3.05, 3.63) is 146 Å². The smallest absolute Gasteiger partial charge is 1.00 e. The largest absolute Gasteiger partial charge is 2.00 e. The fraction of sp³-hybridized carbons (Fsp3) is 0.571. The van der Waals surface area contributed by atoms with Crippen molar-refractivity contribution in [3.8, 4) is 0 Å². The summed E-state index contributed by atoms with van der Waals surface area (Å²) >= 11 is 0. The zero-order valence-corrected chi connectivity index (χ0v) is 69.7. The fourth-order valence-electron chi connectivity index (χ4n) is 12.6. The summed E-state index contributed by atoms with van der Waals surface area (Å²) in [5.41, 5.74) is 0. The van der Waals surface area contributed by atoms with E-state index in [4.69, 9.17) is 0 Å². The Labute approximate surface area is 623 Å². The van der Waals surface area contributed by atoms with Crippen LogP contribution in [-0.4, -0.2) is 49.3 Å². The maximum absolute atomic E-state index is 2.47. The third-order valence-corrected chi connectivity index (χ3v) is 28.9. The molecule has 0 radical (unpaired) electrons. The molecule has 0 atom stereocenters. The molecule has 0 saturated heterocycles. The van der Waals surface area contributed by atoms with Gasteiger partial charge in [-0.2, -0.15) is 24.3 Å². The van der Waals surface area contributed by atoms with Gasteiger partial charge in [-0.3, -0.25) is 0 Å². The summed E-state index contributed by atoms with van der Waals surface area (Å²) < 4.78 is 0. The molecule has 508 valence electrons. The van der Waals surface area contributed by atoms with Crippen molar-refractivity contribution < 1.29 is 77.2 Å². The minimum atomic E-state index is 0. The van der Waals surface area contributed by atoms with Crippen LogP contribution in [-0.2, 0) is 52.4 Å². The molecule has 0 nitrogen and oxygen atoms in total. The monoisotopic (exact) mass is 1510 g/mol. The molecule has 0 amide bonds. The summed E-state index contributed by atoms with van der Waals surface area (Å²) in [6.45, 7) is 18.4. The van der Waals surface area contributed by atoms with Gasteiger partial charge in [-0.15, -0.1) is 161 Å². The van der Waals surface area contributed by atoms with Gasteiger partial charge in [0.2, 0.25) is 0 Å². The van der Waals surface area contributed by atoms with Crippen molar-refractivity contribution in [1.82, 2.24) is 0 Å². The van der Waals surface area contributed by atoms with Gasteiger partial charge in [-0.25, -0.2) is 0 Å². The van der Waals surface area contributed by atoms with Crippen LogP contribution in [0.5, 0.6) is 0 Å². The average molecular weight is 1520 g/mol. The molecule has 0 aromatic heterocycles. The third-order valence-electron chi connectivity index (χ3n) is 18.1. The van der Waals surface area contributed by atoms with Gasteiger partial charge in [0.25, 0.3) is 0 Å². The minimum absolute atomic E-state index is 0. The topological polar surface area (TPSA) is 0 Å². The molecule has 0 bridgehead atoms. The summed E-state index contributed by atoms with van der Waals surface area (Å²) in [6.07, 6.45) is 56.3. The first-order valence-corrected chi connectivity index (χ1v) is 43.9. The third kappa shape index (κ3) is 35.9. The number of hydrogen-bond acceptors (Lipinski definition) is 0. The van der Waals surface area contributed by atoms with E-state index < -0.39 is 0 Å². The Kier molecular flexibility index (Phi) is 56.6. The van der Waals surface area contributed by atoms with Crippen LogP contribution in [0.4, 0.5) is 0 Å². The van der Waals surface area contributed by atoms with Crippen molar-refractivity contribution in [3.63, 3.8) is 0 Å². The van der Waals surface area contributed by atoms with Crippen LogP contribution in [0.15, 0.2) is 146 Å². The van der Waals surface area contributed by atoms with E-state index in [1.54, 1.807) is 21.2 Å². The van der Waals surface area contributed by atoms with Crippen molar-refractivity contribution >= 4 is 96.0 Å². The van der Waals surface area contributed by atoms with Gasteiger partial charge in [0.15, 0.2) is 0 Å². The van der Waals surface area contributed by atoms with E-state index in [2.05, 4.69) is 201 Å². The number of fused-ring (bicyclic) bond motifs is 4. The Bertz CT molecular complexity index is 2340. The van der Waals surface area contributed by atoms with Crippen molar-refractivity contribution in [2.24, 2.45) is 0 Å². The van der Waals surface area contributed by atoms with Crippen LogP contribution in [0, 0.1) is 0 Å². The molecule has 0 heterocycles. The Morgan fingerprint density at radius 1 is 0.217 bits per heavy atom. The van der Waals surface area contributed by atoms with E-state index in [0.29, 0.717) is 0 Å². The molecule has 0 fully saturated rings. The maximum atomic E-state index is 2.47. The summed E-state index contributed by atoms with van der Waals surface area (Å²) in [5.74, 6) is 0. The standard InChI is InChI=1S/4C21H32P.2ClH.2Zr/c4*1-3-5-7-11-15-22(16-12-8-6-4-2)21-17-19-13-9-10-14-20(19)18-21;;;;/h4*9-10,13-14,17-18H,3-8,11-12,15-16H2,1-2H3;2*1H;;/q4*-1;;;2*+2/p-2. The number of unbranched alkanes of at least 4 members (excludes halogenated alkanes) is 24. The fourth-order valence-corrected chi connectivity index (χ4v) is 23.0. The Hall–Kier alpha value is -0.614. The first-order chi connectivity index (χ1) is 43.4. The van der Waals surface area contributed by atoms with Gasteiger partial charge in [-0.1, -0.05) is 265 Å². The Morgan fingerprint density at radius 2 is 0.370 bits per heavy atom. The molecule has 0 aliphatic rings. The quantitative estimate of drug-likeness (QED) is 0.0203. The molecule has 0 N–H and O–H groups in total. The summed E-state index contributed by atoms with van der Waals surface area (Å²) in [7, 11) is 0.257. The minimum Gasteiger partial charge on any atom is -1.00 e. The first-order valence-electron chi connectivity index (χ1n) is 37.0. The molecule has 92 heavy (non-hydrogen) atoms. The normalized spacial score (nSPS) is 11.1. The molecule has 0 spiro atoms. The second kappa shape index (κ2) is 58.2. The van der Waals surface area contributed by atoms with Crippen LogP contribution in [0.2, 0.25) is 0 Å². The SMILES string of the molecule is CCCCCCP(CCCCCC)c1cc2ccccc2[cH-]1.CCCCCCP(CCCCCC)c1cc2ccccc2[cH-]1.CCCCCCP(CCCCCC)c1cc2ccccc2[cH-]1.CCCCCCP(CCCCCC)c1cc2ccccc2[cH-]1.[Cl-].[Cl-].[Zr+2].[Zr+2]. The van der Waals surface area contributed by atoms with Gasteiger partial charge in [0.05, 0.1) is 0 Å². The van der Waals surface area contributed by atoms with Crippen molar-refractivity contribution in [2.45, 2.75) is 261 Å². The molecule has 0 saturated carbocycles. The van der Waals surface area contributed by atoms with Gasteiger partial charge in [0.1, 0.15) is 0 Å². The Balaban J connectivity index is 0.000000605. The summed E-state index contributed by atoms with van der Waals surface area (Å²) in [5, 5.41) is 18.1. The second-order valence-corrected chi connectivity index (χ2v) is 35.8.